The smallest absolute Gasteiger partial charge is 0.244 e. The summed E-state index contributed by atoms with van der Waals surface area (Å²) in [7, 11) is 1.80. The summed E-state index contributed by atoms with van der Waals surface area (Å²) in [5.41, 5.74) is 5.67. The quantitative estimate of drug-likeness (QED) is 0.717. The molecule has 0 radical (unpaired) electrons. The molecule has 1 unspecified atom stereocenters. The third-order valence-electron chi connectivity index (χ3n) is 3.05. The van der Waals surface area contributed by atoms with Gasteiger partial charge in [-0.25, -0.2) is 0 Å². The molecule has 1 fully saturated rings. The van der Waals surface area contributed by atoms with Crippen molar-refractivity contribution >= 4 is 23.5 Å². The van der Waals surface area contributed by atoms with Crippen LogP contribution in [0.2, 0.25) is 0 Å². The van der Waals surface area contributed by atoms with Crippen molar-refractivity contribution in [2.75, 3.05) is 36.5 Å². The molecule has 1 amide bonds. The molecule has 1 aromatic rings. The molecule has 4 N–H and O–H groups in total. The number of nitrogens with one attached hydrogen (secondary N) is 2. The van der Waals surface area contributed by atoms with Crippen molar-refractivity contribution in [1.82, 2.24) is 14.9 Å². The van der Waals surface area contributed by atoms with Gasteiger partial charge in [0, 0.05) is 26.2 Å². The predicted octanol–water partition coefficient (Wildman–Crippen LogP) is 0.523. The van der Waals surface area contributed by atoms with Crippen LogP contribution in [0.4, 0.5) is 17.6 Å². The van der Waals surface area contributed by atoms with Crippen LogP contribution in [0.5, 0.6) is 0 Å². The molecule has 2 heterocycles. The maximum Gasteiger partial charge on any atom is 0.244 e. The summed E-state index contributed by atoms with van der Waals surface area (Å²) in [4.78, 5) is 21.7. The first kappa shape index (κ1) is 13.4. The lowest BCUT2D eigenvalue weighted by Gasteiger charge is -2.14. The Kier molecular flexibility index (Phi) is 4.03. The van der Waals surface area contributed by atoms with Crippen molar-refractivity contribution in [1.29, 1.82) is 0 Å². The van der Waals surface area contributed by atoms with Crippen molar-refractivity contribution in [3.8, 4) is 0 Å². The summed E-state index contributed by atoms with van der Waals surface area (Å²) in [5, 5.41) is 6.27. The highest BCUT2D eigenvalue weighted by Gasteiger charge is 2.29. The SMILES string of the molecule is CCCNc1cc(NC2CCN(C)C2=O)nc(N)n1. The highest BCUT2D eigenvalue weighted by atomic mass is 16.2. The molecule has 0 aromatic carbocycles. The number of likely N-dealkylation sites (tertiary alicyclic amines) is 1. The zero-order valence-electron chi connectivity index (χ0n) is 11.3. The number of amides is 1. The number of hydrogen-bond donors (Lipinski definition) is 3. The lowest BCUT2D eigenvalue weighted by atomic mass is 10.2. The summed E-state index contributed by atoms with van der Waals surface area (Å²) < 4.78 is 0. The summed E-state index contributed by atoms with van der Waals surface area (Å²) in [6.07, 6.45) is 1.77. The van der Waals surface area contributed by atoms with Gasteiger partial charge < -0.3 is 21.3 Å². The second-order valence-corrected chi connectivity index (χ2v) is 4.67. The molecule has 0 aliphatic carbocycles. The van der Waals surface area contributed by atoms with E-state index in [1.54, 1.807) is 18.0 Å². The maximum absolute atomic E-state index is 11.8. The van der Waals surface area contributed by atoms with Gasteiger partial charge in [0.05, 0.1) is 0 Å². The number of aromatic nitrogens is 2. The Hall–Kier alpha value is -2.05. The van der Waals surface area contributed by atoms with Gasteiger partial charge in [0.2, 0.25) is 11.9 Å². The van der Waals surface area contributed by atoms with Crippen LogP contribution < -0.4 is 16.4 Å². The number of hydrogen-bond acceptors (Lipinski definition) is 6. The van der Waals surface area contributed by atoms with E-state index in [9.17, 15) is 4.79 Å². The predicted molar refractivity (Wildman–Crippen MR) is 74.9 cm³/mol. The van der Waals surface area contributed by atoms with Crippen molar-refractivity contribution in [3.63, 3.8) is 0 Å². The van der Waals surface area contributed by atoms with Gasteiger partial charge in [-0.15, -0.1) is 0 Å². The summed E-state index contributed by atoms with van der Waals surface area (Å²) in [6.45, 7) is 3.66. The van der Waals surface area contributed by atoms with E-state index in [-0.39, 0.29) is 17.9 Å². The van der Waals surface area contributed by atoms with E-state index in [1.807, 2.05) is 0 Å². The molecule has 1 aliphatic rings. The van der Waals surface area contributed by atoms with E-state index >= 15 is 0 Å². The fourth-order valence-electron chi connectivity index (χ4n) is 2.02. The first-order valence-electron chi connectivity index (χ1n) is 6.50. The number of nitrogens with two attached hydrogens (primary N) is 1. The van der Waals surface area contributed by atoms with Gasteiger partial charge in [0.25, 0.3) is 0 Å². The lowest BCUT2D eigenvalue weighted by Crippen LogP contribution is -2.31. The Morgan fingerprint density at radius 2 is 2.21 bits per heavy atom. The van der Waals surface area contributed by atoms with Crippen LogP contribution in [0.25, 0.3) is 0 Å². The summed E-state index contributed by atoms with van der Waals surface area (Å²) in [6, 6.07) is 1.55. The molecule has 104 valence electrons. The Bertz CT molecular complexity index is 464. The number of rotatable bonds is 5. The molecule has 2 rings (SSSR count). The Morgan fingerprint density at radius 3 is 2.84 bits per heavy atom. The Labute approximate surface area is 112 Å². The van der Waals surface area contributed by atoms with E-state index in [0.29, 0.717) is 11.6 Å². The van der Waals surface area contributed by atoms with Gasteiger partial charge in [-0.1, -0.05) is 6.92 Å². The number of carbonyl (C=O) groups excluding carboxylic acids is 1. The van der Waals surface area contributed by atoms with Gasteiger partial charge in [0.1, 0.15) is 17.7 Å². The molecule has 1 atom stereocenters. The highest BCUT2D eigenvalue weighted by molar-refractivity contribution is 5.86. The third-order valence-corrected chi connectivity index (χ3v) is 3.05. The van der Waals surface area contributed by atoms with Crippen LogP contribution in [0.1, 0.15) is 19.8 Å². The topological polar surface area (TPSA) is 96.2 Å². The molecular formula is C12H20N6O. The van der Waals surface area contributed by atoms with Crippen LogP contribution in [-0.4, -0.2) is 47.0 Å². The molecule has 0 bridgehead atoms. The van der Waals surface area contributed by atoms with Gasteiger partial charge in [0.15, 0.2) is 0 Å². The zero-order chi connectivity index (χ0) is 13.8. The fourth-order valence-corrected chi connectivity index (χ4v) is 2.02. The summed E-state index contributed by atoms with van der Waals surface area (Å²) >= 11 is 0. The Morgan fingerprint density at radius 1 is 1.47 bits per heavy atom. The first-order chi connectivity index (χ1) is 9.10. The van der Waals surface area contributed by atoms with E-state index in [4.69, 9.17) is 5.73 Å². The molecule has 1 aliphatic heterocycles. The number of nitrogens with zero attached hydrogens (tertiary/aromatic N) is 3. The second-order valence-electron chi connectivity index (χ2n) is 4.67. The number of anilines is 3. The highest BCUT2D eigenvalue weighted by Crippen LogP contribution is 2.17. The second kappa shape index (κ2) is 5.73. The molecule has 7 nitrogen and oxygen atoms in total. The van der Waals surface area contributed by atoms with E-state index in [1.165, 1.54) is 0 Å². The van der Waals surface area contributed by atoms with Gasteiger partial charge in [-0.2, -0.15) is 9.97 Å². The standard InChI is InChI=1S/C12H20N6O/c1-3-5-14-9-7-10(17-12(13)16-9)15-8-4-6-18(2)11(8)19/h7-8H,3-6H2,1-2H3,(H4,13,14,15,16,17). The van der Waals surface area contributed by atoms with Crippen molar-refractivity contribution in [3.05, 3.63) is 6.07 Å². The molecule has 1 aromatic heterocycles. The largest absolute Gasteiger partial charge is 0.370 e. The minimum Gasteiger partial charge on any atom is -0.370 e. The number of nitrogen functional groups attached to an aromatic ring is 1. The number of carbonyl (C=O) groups is 1. The van der Waals surface area contributed by atoms with Crippen molar-refractivity contribution in [2.45, 2.75) is 25.8 Å². The number of likely N-dealkylation sites (N-methyl/N-ethyl adjacent to an activating group) is 1. The molecule has 0 saturated carbocycles. The third kappa shape index (κ3) is 3.24. The van der Waals surface area contributed by atoms with E-state index < -0.39 is 0 Å². The van der Waals surface area contributed by atoms with E-state index in [2.05, 4.69) is 27.5 Å². The Balaban J connectivity index is 2.07. The van der Waals surface area contributed by atoms with Crippen LogP contribution in [0.15, 0.2) is 6.07 Å². The van der Waals surface area contributed by atoms with Crippen LogP contribution >= 0.6 is 0 Å². The van der Waals surface area contributed by atoms with Crippen LogP contribution in [0.3, 0.4) is 0 Å². The van der Waals surface area contributed by atoms with Gasteiger partial charge >= 0.3 is 0 Å². The first-order valence-corrected chi connectivity index (χ1v) is 6.50. The van der Waals surface area contributed by atoms with Crippen LogP contribution in [0, 0.1) is 0 Å². The van der Waals surface area contributed by atoms with Gasteiger partial charge in [-0.3, -0.25) is 4.79 Å². The lowest BCUT2D eigenvalue weighted by molar-refractivity contribution is -0.127. The van der Waals surface area contributed by atoms with Gasteiger partial charge in [-0.05, 0) is 12.8 Å². The van der Waals surface area contributed by atoms with E-state index in [0.717, 1.165) is 25.9 Å². The van der Waals surface area contributed by atoms with Crippen molar-refractivity contribution < 1.29 is 4.79 Å². The molecule has 19 heavy (non-hydrogen) atoms. The summed E-state index contributed by atoms with van der Waals surface area (Å²) in [5.74, 6) is 1.54. The van der Waals surface area contributed by atoms with Crippen LogP contribution in [-0.2, 0) is 4.79 Å². The maximum atomic E-state index is 11.8. The minimum absolute atomic E-state index is 0.0836. The zero-order valence-corrected chi connectivity index (χ0v) is 11.3. The molecule has 7 heteroatoms. The van der Waals surface area contributed by atoms with Crippen molar-refractivity contribution in [2.24, 2.45) is 0 Å². The fraction of sp³-hybridized carbons (Fsp3) is 0.583. The molecule has 0 spiro atoms. The average molecular weight is 264 g/mol. The monoisotopic (exact) mass is 264 g/mol. The molecular weight excluding hydrogens is 244 g/mol. The molecule has 1 saturated heterocycles. The minimum atomic E-state index is -0.224. The normalized spacial score (nSPS) is 18.7. The average Bonchev–Trinajstić information content (AvgIpc) is 2.68.